The minimum atomic E-state index is -4.15. The van der Waals surface area contributed by atoms with Crippen molar-refractivity contribution in [1.29, 1.82) is 0 Å². The molecule has 2 atom stereocenters. The van der Waals surface area contributed by atoms with Crippen molar-refractivity contribution in [2.45, 2.75) is 30.0 Å². The molecular weight excluding hydrogens is 402 g/mol. The number of nitro benzene ring substituents is 1. The number of nitrogens with zero attached hydrogens (tertiary/aromatic N) is 3. The molecule has 11 heteroatoms. The molecule has 0 radical (unpaired) electrons. The first kappa shape index (κ1) is 20.8. The van der Waals surface area contributed by atoms with Crippen LogP contribution in [0.5, 0.6) is 0 Å². The van der Waals surface area contributed by atoms with Gasteiger partial charge >= 0.3 is 5.97 Å². The average Bonchev–Trinajstić information content (AvgIpc) is 3.09. The number of hydrogen-bond acceptors (Lipinski definition) is 9. The molecule has 0 saturated carbocycles. The highest BCUT2D eigenvalue weighted by molar-refractivity contribution is 7.86. The summed E-state index contributed by atoms with van der Waals surface area (Å²) in [5.74, 6) is -0.479. The van der Waals surface area contributed by atoms with Crippen LogP contribution in [0, 0.1) is 10.1 Å². The number of pyridine rings is 1. The number of likely N-dealkylation sites (tertiary alicyclic amines) is 1. The number of non-ortho nitro benzene ring substituents is 1. The molecule has 0 bridgehead atoms. The number of ether oxygens (including phenoxy) is 1. The Morgan fingerprint density at radius 2 is 2.03 bits per heavy atom. The lowest BCUT2D eigenvalue weighted by Gasteiger charge is -2.21. The first-order valence-electron chi connectivity index (χ1n) is 8.68. The molecule has 2 aromatic rings. The van der Waals surface area contributed by atoms with Gasteiger partial charge in [-0.1, -0.05) is 6.07 Å². The summed E-state index contributed by atoms with van der Waals surface area (Å²) in [5.41, 5.74) is 0.637. The predicted octanol–water partition coefficient (Wildman–Crippen LogP) is 1.51. The summed E-state index contributed by atoms with van der Waals surface area (Å²) < 4.78 is 35.2. The lowest BCUT2D eigenvalue weighted by atomic mass is 10.2. The lowest BCUT2D eigenvalue weighted by Crippen LogP contribution is -2.36. The molecule has 2 heterocycles. The second-order valence-electron chi connectivity index (χ2n) is 6.49. The second-order valence-corrected chi connectivity index (χ2v) is 8.06. The molecule has 0 N–H and O–H groups in total. The fourth-order valence-corrected chi connectivity index (χ4v) is 4.26. The second kappa shape index (κ2) is 8.64. The normalized spacial score (nSPS) is 19.8. The maximum Gasteiger partial charge on any atom is 0.323 e. The third-order valence-electron chi connectivity index (χ3n) is 4.55. The van der Waals surface area contributed by atoms with E-state index in [1.165, 1.54) is 7.11 Å². The van der Waals surface area contributed by atoms with Gasteiger partial charge in [-0.15, -0.1) is 0 Å². The highest BCUT2D eigenvalue weighted by Crippen LogP contribution is 2.27. The Balaban J connectivity index is 1.74. The van der Waals surface area contributed by atoms with E-state index in [0.717, 1.165) is 29.8 Å². The summed E-state index contributed by atoms with van der Waals surface area (Å²) in [6.45, 7) is 0.575. The van der Waals surface area contributed by atoms with Gasteiger partial charge in [0, 0.05) is 44.0 Å². The van der Waals surface area contributed by atoms with Gasteiger partial charge in [0.05, 0.1) is 23.0 Å². The van der Waals surface area contributed by atoms with Crippen LogP contribution in [0.25, 0.3) is 0 Å². The molecule has 3 rings (SSSR count). The van der Waals surface area contributed by atoms with Crippen LogP contribution in [0.2, 0.25) is 0 Å². The molecule has 1 aliphatic heterocycles. The Kier molecular flexibility index (Phi) is 6.20. The zero-order chi connectivity index (χ0) is 21.0. The Hall–Kier alpha value is -2.89. The third kappa shape index (κ3) is 4.94. The van der Waals surface area contributed by atoms with E-state index in [-0.39, 0.29) is 23.5 Å². The van der Waals surface area contributed by atoms with Crippen LogP contribution in [0.3, 0.4) is 0 Å². The summed E-state index contributed by atoms with van der Waals surface area (Å²) in [6.07, 6.45) is 2.67. The van der Waals surface area contributed by atoms with Crippen molar-refractivity contribution in [3.63, 3.8) is 0 Å². The molecule has 1 fully saturated rings. The molecule has 29 heavy (non-hydrogen) atoms. The van der Waals surface area contributed by atoms with Gasteiger partial charge < -0.3 is 4.74 Å². The Morgan fingerprint density at radius 1 is 1.31 bits per heavy atom. The van der Waals surface area contributed by atoms with Crippen molar-refractivity contribution in [3.05, 3.63) is 64.5 Å². The highest BCUT2D eigenvalue weighted by atomic mass is 32.2. The number of methoxy groups -OCH3 is 1. The molecule has 10 nitrogen and oxygen atoms in total. The SMILES string of the molecule is COC(=O)[C@@H]1C[C@H](OS(=O)(=O)c2ccc([N+](=O)[O-])cc2)CN1Cc1cccnc1. The van der Waals surface area contributed by atoms with Crippen molar-refractivity contribution in [3.8, 4) is 0 Å². The van der Waals surface area contributed by atoms with Crippen molar-refractivity contribution in [1.82, 2.24) is 9.88 Å². The quantitative estimate of drug-likeness (QED) is 0.283. The standard InChI is InChI=1S/C18H19N3O7S/c1-27-18(22)17-9-15(12-20(17)11-13-3-2-8-19-10-13)28-29(25,26)16-6-4-14(5-7-16)21(23)24/h2-8,10,15,17H,9,11-12H2,1H3/t15-,17-/m0/s1. The molecule has 0 aliphatic carbocycles. The van der Waals surface area contributed by atoms with E-state index in [9.17, 15) is 23.3 Å². The minimum Gasteiger partial charge on any atom is -0.468 e. The fourth-order valence-electron chi connectivity index (χ4n) is 3.18. The Morgan fingerprint density at radius 3 is 2.62 bits per heavy atom. The number of nitro groups is 1. The van der Waals surface area contributed by atoms with E-state index in [2.05, 4.69) is 4.98 Å². The number of aromatic nitrogens is 1. The molecule has 1 saturated heterocycles. The first-order valence-corrected chi connectivity index (χ1v) is 10.1. The van der Waals surface area contributed by atoms with Crippen LogP contribution >= 0.6 is 0 Å². The van der Waals surface area contributed by atoms with Crippen LogP contribution in [0.15, 0.2) is 53.7 Å². The lowest BCUT2D eigenvalue weighted by molar-refractivity contribution is -0.384. The summed E-state index contributed by atoms with van der Waals surface area (Å²) in [4.78, 5) is 27.9. The molecule has 0 spiro atoms. The number of esters is 1. The van der Waals surface area contributed by atoms with Gasteiger partial charge in [0.15, 0.2) is 0 Å². The van der Waals surface area contributed by atoms with Crippen LogP contribution < -0.4 is 0 Å². The number of hydrogen-bond donors (Lipinski definition) is 0. The smallest absolute Gasteiger partial charge is 0.323 e. The average molecular weight is 421 g/mol. The predicted molar refractivity (Wildman–Crippen MR) is 100 cm³/mol. The van der Waals surface area contributed by atoms with Crippen molar-refractivity contribution >= 4 is 21.8 Å². The Labute approximate surface area is 167 Å². The molecule has 1 aromatic heterocycles. The summed E-state index contributed by atoms with van der Waals surface area (Å²) in [5, 5.41) is 10.7. The summed E-state index contributed by atoms with van der Waals surface area (Å²) in [6, 6.07) is 7.39. The monoisotopic (exact) mass is 421 g/mol. The van der Waals surface area contributed by atoms with Gasteiger partial charge in [0.25, 0.3) is 15.8 Å². The fraction of sp³-hybridized carbons (Fsp3) is 0.333. The number of rotatable bonds is 7. The summed E-state index contributed by atoms with van der Waals surface area (Å²) in [7, 11) is -2.88. The molecule has 1 aliphatic rings. The zero-order valence-corrected chi connectivity index (χ0v) is 16.3. The zero-order valence-electron chi connectivity index (χ0n) is 15.5. The summed E-state index contributed by atoms with van der Waals surface area (Å²) >= 11 is 0. The van der Waals surface area contributed by atoms with Crippen molar-refractivity contribution < 1.29 is 27.1 Å². The maximum atomic E-state index is 12.5. The highest BCUT2D eigenvalue weighted by Gasteiger charge is 2.40. The Bertz CT molecular complexity index is 980. The number of benzene rings is 1. The molecular formula is C18H19N3O7S. The van der Waals surface area contributed by atoms with E-state index in [0.29, 0.717) is 6.54 Å². The maximum absolute atomic E-state index is 12.5. The van der Waals surface area contributed by atoms with Crippen LogP contribution in [0.4, 0.5) is 5.69 Å². The van der Waals surface area contributed by atoms with Crippen LogP contribution in [0.1, 0.15) is 12.0 Å². The molecule has 1 aromatic carbocycles. The van der Waals surface area contributed by atoms with Gasteiger partial charge in [-0.3, -0.25) is 29.0 Å². The van der Waals surface area contributed by atoms with E-state index in [1.54, 1.807) is 23.4 Å². The van der Waals surface area contributed by atoms with E-state index >= 15 is 0 Å². The van der Waals surface area contributed by atoms with E-state index < -0.39 is 33.2 Å². The minimum absolute atomic E-state index is 0.138. The molecule has 154 valence electrons. The van der Waals surface area contributed by atoms with Gasteiger partial charge in [-0.25, -0.2) is 0 Å². The number of carbonyl (C=O) groups excluding carboxylic acids is 1. The van der Waals surface area contributed by atoms with Crippen LogP contribution in [-0.4, -0.2) is 55.0 Å². The van der Waals surface area contributed by atoms with Gasteiger partial charge in [0.1, 0.15) is 6.04 Å². The molecule has 0 amide bonds. The van der Waals surface area contributed by atoms with Gasteiger partial charge in [-0.2, -0.15) is 8.42 Å². The first-order chi connectivity index (χ1) is 13.8. The van der Waals surface area contributed by atoms with Gasteiger partial charge in [0.2, 0.25) is 0 Å². The third-order valence-corrected chi connectivity index (χ3v) is 5.92. The van der Waals surface area contributed by atoms with E-state index in [4.69, 9.17) is 8.92 Å². The number of carbonyl (C=O) groups is 1. The van der Waals surface area contributed by atoms with E-state index in [1.807, 2.05) is 6.07 Å². The topological polar surface area (TPSA) is 129 Å². The van der Waals surface area contributed by atoms with Crippen LogP contribution in [-0.2, 0) is 30.4 Å². The van der Waals surface area contributed by atoms with Crippen molar-refractivity contribution in [2.24, 2.45) is 0 Å². The van der Waals surface area contributed by atoms with Gasteiger partial charge in [-0.05, 0) is 23.8 Å². The molecule has 0 unspecified atom stereocenters. The largest absolute Gasteiger partial charge is 0.468 e. The van der Waals surface area contributed by atoms with Crippen molar-refractivity contribution in [2.75, 3.05) is 13.7 Å².